The highest BCUT2D eigenvalue weighted by molar-refractivity contribution is 7.99. The molecule has 0 aliphatic carbocycles. The minimum atomic E-state index is 0.621. The smallest absolute Gasteiger partial charge is 0.00915 e. The Hall–Kier alpha value is 0.01000. The van der Waals surface area contributed by atoms with Crippen LogP contribution in [0, 0.1) is 5.92 Å². The van der Waals surface area contributed by atoms with Gasteiger partial charge in [-0.05, 0) is 41.7 Å². The Morgan fingerprint density at radius 1 is 1.43 bits per heavy atom. The van der Waals surface area contributed by atoms with Crippen LogP contribution in [0.2, 0.25) is 0 Å². The number of thioether (sulfide) groups is 1. The number of hydrogen-bond donors (Lipinski definition) is 1. The van der Waals surface area contributed by atoms with Crippen molar-refractivity contribution in [1.29, 1.82) is 0 Å². The second-order valence-electron chi connectivity index (χ2n) is 3.81. The molecule has 2 rings (SSSR count). The molecule has 1 fully saturated rings. The van der Waals surface area contributed by atoms with Gasteiger partial charge in [-0.3, -0.25) is 0 Å². The Morgan fingerprint density at radius 2 is 2.21 bits per heavy atom. The lowest BCUT2D eigenvalue weighted by Gasteiger charge is -2.28. The average Bonchev–Trinajstić information content (AvgIpc) is 2.74. The van der Waals surface area contributed by atoms with Crippen molar-refractivity contribution in [2.45, 2.75) is 18.8 Å². The first-order chi connectivity index (χ1) is 6.92. The van der Waals surface area contributed by atoms with Crippen LogP contribution in [-0.4, -0.2) is 18.1 Å². The monoisotopic (exact) mass is 227 g/mol. The molecule has 2 heterocycles. The van der Waals surface area contributed by atoms with Crippen LogP contribution in [0.1, 0.15) is 23.6 Å². The third-order valence-corrected chi connectivity index (χ3v) is 5.05. The van der Waals surface area contributed by atoms with E-state index in [1.54, 1.807) is 0 Å². The van der Waals surface area contributed by atoms with Crippen molar-refractivity contribution in [2.24, 2.45) is 11.7 Å². The van der Waals surface area contributed by atoms with Gasteiger partial charge in [-0.2, -0.15) is 11.8 Å². The fourth-order valence-corrected chi connectivity index (χ4v) is 4.24. The van der Waals surface area contributed by atoms with Crippen LogP contribution in [0.3, 0.4) is 0 Å². The zero-order chi connectivity index (χ0) is 9.80. The minimum Gasteiger partial charge on any atom is -0.330 e. The molecule has 78 valence electrons. The largest absolute Gasteiger partial charge is 0.330 e. The summed E-state index contributed by atoms with van der Waals surface area (Å²) in [5.74, 6) is 4.11. The molecular weight excluding hydrogens is 210 g/mol. The lowest BCUT2D eigenvalue weighted by molar-refractivity contribution is 0.405. The van der Waals surface area contributed by atoms with Crippen molar-refractivity contribution in [1.82, 2.24) is 0 Å². The molecule has 1 nitrogen and oxygen atoms in total. The van der Waals surface area contributed by atoms with Crippen molar-refractivity contribution in [3.8, 4) is 0 Å². The first kappa shape index (κ1) is 10.5. The highest BCUT2D eigenvalue weighted by atomic mass is 32.2. The van der Waals surface area contributed by atoms with Crippen molar-refractivity contribution in [3.05, 3.63) is 22.4 Å². The van der Waals surface area contributed by atoms with Gasteiger partial charge in [-0.15, -0.1) is 11.3 Å². The molecule has 2 N–H and O–H groups in total. The Morgan fingerprint density at radius 3 is 2.79 bits per heavy atom. The number of hydrogen-bond acceptors (Lipinski definition) is 3. The van der Waals surface area contributed by atoms with E-state index in [0.29, 0.717) is 5.92 Å². The molecule has 1 saturated heterocycles. The third kappa shape index (κ3) is 2.33. The van der Waals surface area contributed by atoms with Gasteiger partial charge >= 0.3 is 0 Å². The van der Waals surface area contributed by atoms with Gasteiger partial charge in [-0.1, -0.05) is 6.07 Å². The van der Waals surface area contributed by atoms with Crippen LogP contribution >= 0.6 is 23.1 Å². The molecule has 1 unspecified atom stereocenters. The highest BCUT2D eigenvalue weighted by Crippen LogP contribution is 2.36. The van der Waals surface area contributed by atoms with Crippen molar-refractivity contribution >= 4 is 23.1 Å². The molecule has 0 bridgehead atoms. The summed E-state index contributed by atoms with van der Waals surface area (Å²) in [5.41, 5.74) is 5.89. The van der Waals surface area contributed by atoms with Crippen LogP contribution in [0.4, 0.5) is 0 Å². The first-order valence-corrected chi connectivity index (χ1v) is 7.26. The molecule has 0 saturated carbocycles. The van der Waals surface area contributed by atoms with Gasteiger partial charge in [-0.25, -0.2) is 0 Å². The van der Waals surface area contributed by atoms with E-state index in [2.05, 4.69) is 29.3 Å². The zero-order valence-electron chi connectivity index (χ0n) is 8.32. The topological polar surface area (TPSA) is 26.0 Å². The van der Waals surface area contributed by atoms with E-state index in [1.807, 2.05) is 11.3 Å². The van der Waals surface area contributed by atoms with Crippen LogP contribution in [0.5, 0.6) is 0 Å². The van der Waals surface area contributed by atoms with Crippen LogP contribution in [0.25, 0.3) is 0 Å². The Bertz CT molecular complexity index is 252. The zero-order valence-corrected chi connectivity index (χ0v) is 9.95. The molecule has 1 aliphatic rings. The van der Waals surface area contributed by atoms with Crippen LogP contribution in [-0.2, 0) is 0 Å². The molecule has 1 aromatic rings. The third-order valence-electron chi connectivity index (χ3n) is 3.00. The van der Waals surface area contributed by atoms with Gasteiger partial charge < -0.3 is 5.73 Å². The molecule has 0 spiro atoms. The molecule has 1 aliphatic heterocycles. The van der Waals surface area contributed by atoms with E-state index in [0.717, 1.165) is 12.5 Å². The van der Waals surface area contributed by atoms with E-state index in [-0.39, 0.29) is 0 Å². The maximum absolute atomic E-state index is 5.89. The van der Waals surface area contributed by atoms with Gasteiger partial charge in [0.1, 0.15) is 0 Å². The second-order valence-corrected chi connectivity index (χ2v) is 6.01. The fraction of sp³-hybridized carbons (Fsp3) is 0.636. The normalized spacial score (nSPS) is 20.9. The molecule has 1 atom stereocenters. The van der Waals surface area contributed by atoms with Crippen LogP contribution < -0.4 is 5.73 Å². The SMILES string of the molecule is NCC(c1cccs1)C1CCSCC1. The van der Waals surface area contributed by atoms with E-state index in [9.17, 15) is 0 Å². The summed E-state index contributed by atoms with van der Waals surface area (Å²) in [5, 5.41) is 2.16. The quantitative estimate of drug-likeness (QED) is 0.859. The van der Waals surface area contributed by atoms with E-state index < -0.39 is 0 Å². The second kappa shape index (κ2) is 5.19. The van der Waals surface area contributed by atoms with Gasteiger partial charge in [0.25, 0.3) is 0 Å². The summed E-state index contributed by atoms with van der Waals surface area (Å²) in [4.78, 5) is 1.49. The molecular formula is C11H17NS2. The van der Waals surface area contributed by atoms with Crippen molar-refractivity contribution < 1.29 is 0 Å². The van der Waals surface area contributed by atoms with Crippen molar-refractivity contribution in [3.63, 3.8) is 0 Å². The molecule has 0 amide bonds. The standard InChI is InChI=1S/C11H17NS2/c12-8-10(11-2-1-5-14-11)9-3-6-13-7-4-9/h1-2,5,9-10H,3-4,6-8,12H2. The fourth-order valence-electron chi connectivity index (χ4n) is 2.16. The molecule has 3 heteroatoms. The Labute approximate surface area is 94.1 Å². The van der Waals surface area contributed by atoms with Gasteiger partial charge in [0.2, 0.25) is 0 Å². The average molecular weight is 227 g/mol. The number of rotatable bonds is 3. The first-order valence-electron chi connectivity index (χ1n) is 5.23. The molecule has 0 radical (unpaired) electrons. The molecule has 1 aromatic heterocycles. The Balaban J connectivity index is 2.04. The maximum atomic E-state index is 5.89. The maximum Gasteiger partial charge on any atom is 0.00915 e. The summed E-state index contributed by atoms with van der Waals surface area (Å²) in [6, 6.07) is 4.38. The van der Waals surface area contributed by atoms with Crippen LogP contribution in [0.15, 0.2) is 17.5 Å². The lowest BCUT2D eigenvalue weighted by atomic mass is 9.86. The van der Waals surface area contributed by atoms with Gasteiger partial charge in [0, 0.05) is 17.3 Å². The number of thiophene rings is 1. The van der Waals surface area contributed by atoms with E-state index in [4.69, 9.17) is 5.73 Å². The molecule has 14 heavy (non-hydrogen) atoms. The summed E-state index contributed by atoms with van der Waals surface area (Å²) < 4.78 is 0. The predicted octanol–water partition coefficient (Wildman–Crippen LogP) is 2.93. The van der Waals surface area contributed by atoms with Gasteiger partial charge in [0.05, 0.1) is 0 Å². The van der Waals surface area contributed by atoms with E-state index in [1.165, 1.54) is 29.2 Å². The van der Waals surface area contributed by atoms with Gasteiger partial charge in [0.15, 0.2) is 0 Å². The van der Waals surface area contributed by atoms with E-state index >= 15 is 0 Å². The number of nitrogens with two attached hydrogens (primary N) is 1. The summed E-state index contributed by atoms with van der Waals surface area (Å²) >= 11 is 3.95. The molecule has 0 aromatic carbocycles. The Kier molecular flexibility index (Phi) is 3.90. The lowest BCUT2D eigenvalue weighted by Crippen LogP contribution is -2.24. The summed E-state index contributed by atoms with van der Waals surface area (Å²) in [6.45, 7) is 0.815. The highest BCUT2D eigenvalue weighted by Gasteiger charge is 2.24. The van der Waals surface area contributed by atoms with Crippen molar-refractivity contribution in [2.75, 3.05) is 18.1 Å². The minimum absolute atomic E-state index is 0.621. The summed E-state index contributed by atoms with van der Waals surface area (Å²) in [7, 11) is 0. The predicted molar refractivity (Wildman–Crippen MR) is 66.2 cm³/mol. The summed E-state index contributed by atoms with van der Waals surface area (Å²) in [6.07, 6.45) is 2.70.